The summed E-state index contributed by atoms with van der Waals surface area (Å²) in [7, 11) is 0. The van der Waals surface area contributed by atoms with Crippen molar-refractivity contribution in [2.75, 3.05) is 13.1 Å². The molecule has 1 heterocycles. The summed E-state index contributed by atoms with van der Waals surface area (Å²) in [5.41, 5.74) is 2.30. The molecule has 1 rings (SSSR count). The third kappa shape index (κ3) is 3.31. The lowest BCUT2D eigenvalue weighted by atomic mass is 10.4. The number of carbonyl (C=O) groups is 1. The molecule has 5 heteroatoms. The number of carboxylic acid groups (broad SMARTS) is 1. The lowest BCUT2D eigenvalue weighted by Gasteiger charge is -2.11. The predicted molar refractivity (Wildman–Crippen MR) is 35.1 cm³/mol. The summed E-state index contributed by atoms with van der Waals surface area (Å²) in [5.74, 6) is -1.16. The fraction of sp³-hybridized carbons (Fsp3) is 0.833. The van der Waals surface area contributed by atoms with Gasteiger partial charge in [-0.15, -0.1) is 0 Å². The smallest absolute Gasteiger partial charge is 0.129 e. The van der Waals surface area contributed by atoms with E-state index in [0.717, 1.165) is 19.4 Å². The molecule has 0 aromatic heterocycles. The van der Waals surface area contributed by atoms with Crippen LogP contribution in [0.25, 0.3) is 0 Å². The van der Waals surface area contributed by atoms with Crippen LogP contribution in [0.5, 0.6) is 0 Å². The zero-order valence-electron chi connectivity index (χ0n) is 6.13. The molecule has 0 saturated carbocycles. The van der Waals surface area contributed by atoms with Crippen molar-refractivity contribution in [1.29, 1.82) is 0 Å². The second-order valence-corrected chi connectivity index (χ2v) is 2.40. The number of carbonyl (C=O) groups excluding carboxylic acids is 1. The summed E-state index contributed by atoms with van der Waals surface area (Å²) in [5, 5.41) is 12.9. The van der Waals surface area contributed by atoms with Gasteiger partial charge in [0.2, 0.25) is 0 Å². The van der Waals surface area contributed by atoms with Crippen molar-refractivity contribution in [3.05, 3.63) is 0 Å². The molecule has 64 valence electrons. The van der Waals surface area contributed by atoms with Crippen LogP contribution >= 0.6 is 0 Å². The van der Waals surface area contributed by atoms with Gasteiger partial charge in [-0.25, -0.2) is 0 Å². The fourth-order valence-electron chi connectivity index (χ4n) is 0.954. The van der Waals surface area contributed by atoms with Crippen LogP contribution in [0, 0.1) is 0 Å². The zero-order chi connectivity index (χ0) is 8.10. The zero-order valence-corrected chi connectivity index (χ0v) is 6.13. The molecule has 1 fully saturated rings. The molecule has 0 aromatic carbocycles. The van der Waals surface area contributed by atoms with Crippen molar-refractivity contribution >= 4 is 5.97 Å². The van der Waals surface area contributed by atoms with Crippen LogP contribution < -0.4 is 15.9 Å². The molecular formula is C6H11N2O3-. The molecule has 0 radical (unpaired) electrons. The second kappa shape index (κ2) is 4.27. The van der Waals surface area contributed by atoms with Gasteiger partial charge in [0.15, 0.2) is 0 Å². The predicted octanol–water partition coefficient (Wildman–Crippen LogP) is -2.03. The average molecular weight is 159 g/mol. The molecule has 5 nitrogen and oxygen atoms in total. The summed E-state index contributed by atoms with van der Waals surface area (Å²) in [6, 6.07) is 0. The number of hydrogen-bond donors (Lipinski definition) is 2. The molecule has 0 aliphatic carbocycles. The largest absolute Gasteiger partial charge is 0.549 e. The first-order valence-electron chi connectivity index (χ1n) is 3.61. The van der Waals surface area contributed by atoms with Crippen molar-refractivity contribution in [2.24, 2.45) is 0 Å². The lowest BCUT2D eigenvalue weighted by Crippen LogP contribution is -2.38. The summed E-state index contributed by atoms with van der Waals surface area (Å²) in [6.45, 7) is 0.663. The van der Waals surface area contributed by atoms with Gasteiger partial charge in [-0.1, -0.05) is 0 Å². The monoisotopic (exact) mass is 159 g/mol. The molecule has 0 bridgehead atoms. The maximum absolute atomic E-state index is 9.90. The number of carboxylic acids is 1. The molecule has 0 amide bonds. The Hall–Kier alpha value is -0.650. The second-order valence-electron chi connectivity index (χ2n) is 2.40. The minimum atomic E-state index is -1.16. The molecule has 1 aliphatic heterocycles. The quantitative estimate of drug-likeness (QED) is 0.463. The van der Waals surface area contributed by atoms with Crippen molar-refractivity contribution in [3.8, 4) is 0 Å². The Labute approximate surface area is 64.7 Å². The molecule has 11 heavy (non-hydrogen) atoms. The van der Waals surface area contributed by atoms with E-state index in [1.807, 2.05) is 0 Å². The topological polar surface area (TPSA) is 73.4 Å². The molecular weight excluding hydrogens is 148 g/mol. The highest BCUT2D eigenvalue weighted by Crippen LogP contribution is 2.03. The lowest BCUT2D eigenvalue weighted by molar-refractivity contribution is -0.306. The van der Waals surface area contributed by atoms with E-state index in [2.05, 4.69) is 10.8 Å². The first-order valence-corrected chi connectivity index (χ1v) is 3.61. The van der Waals surface area contributed by atoms with E-state index in [0.29, 0.717) is 0 Å². The van der Waals surface area contributed by atoms with Crippen molar-refractivity contribution in [2.45, 2.75) is 19.1 Å². The average Bonchev–Trinajstić information content (AvgIpc) is 2.39. The Morgan fingerprint density at radius 2 is 2.64 bits per heavy atom. The van der Waals surface area contributed by atoms with Crippen LogP contribution in [0.2, 0.25) is 0 Å². The normalized spacial score (nSPS) is 23.8. The number of aliphatic carboxylic acids is 1. The highest BCUT2D eigenvalue weighted by molar-refractivity contribution is 5.66. The SMILES string of the molecule is O=C([O-])CNOC1CCCN1. The van der Waals surface area contributed by atoms with Gasteiger partial charge >= 0.3 is 0 Å². The Balaban J connectivity index is 1.98. The van der Waals surface area contributed by atoms with Gasteiger partial charge in [0.1, 0.15) is 6.23 Å². The van der Waals surface area contributed by atoms with Gasteiger partial charge in [0, 0.05) is 0 Å². The van der Waals surface area contributed by atoms with Gasteiger partial charge in [-0.3, -0.25) is 10.2 Å². The Morgan fingerprint density at radius 3 is 3.18 bits per heavy atom. The maximum Gasteiger partial charge on any atom is 0.129 e. The summed E-state index contributed by atoms with van der Waals surface area (Å²) in [6.07, 6.45) is 1.94. The van der Waals surface area contributed by atoms with Crippen LogP contribution in [0.15, 0.2) is 0 Å². The Kier molecular flexibility index (Phi) is 3.28. The van der Waals surface area contributed by atoms with Crippen LogP contribution in [-0.4, -0.2) is 25.3 Å². The highest BCUT2D eigenvalue weighted by atomic mass is 16.7. The van der Waals surface area contributed by atoms with Crippen LogP contribution in [0.4, 0.5) is 0 Å². The van der Waals surface area contributed by atoms with E-state index in [9.17, 15) is 9.90 Å². The number of hydrogen-bond acceptors (Lipinski definition) is 5. The molecule has 1 saturated heterocycles. The minimum Gasteiger partial charge on any atom is -0.549 e. The van der Waals surface area contributed by atoms with E-state index in [4.69, 9.17) is 4.84 Å². The van der Waals surface area contributed by atoms with Crippen LogP contribution in [-0.2, 0) is 9.63 Å². The highest BCUT2D eigenvalue weighted by Gasteiger charge is 2.13. The van der Waals surface area contributed by atoms with E-state index in [1.54, 1.807) is 0 Å². The summed E-state index contributed by atoms with van der Waals surface area (Å²) in [4.78, 5) is 14.8. The van der Waals surface area contributed by atoms with E-state index >= 15 is 0 Å². The molecule has 0 aromatic rings. The maximum atomic E-state index is 9.90. The van der Waals surface area contributed by atoms with Gasteiger partial charge in [0.05, 0.1) is 12.5 Å². The Morgan fingerprint density at radius 1 is 1.82 bits per heavy atom. The van der Waals surface area contributed by atoms with E-state index < -0.39 is 5.97 Å². The first-order chi connectivity index (χ1) is 5.29. The summed E-state index contributed by atoms with van der Waals surface area (Å²) >= 11 is 0. The molecule has 1 unspecified atom stereocenters. The van der Waals surface area contributed by atoms with E-state index in [-0.39, 0.29) is 12.8 Å². The van der Waals surface area contributed by atoms with Crippen molar-refractivity contribution < 1.29 is 14.7 Å². The van der Waals surface area contributed by atoms with Crippen molar-refractivity contribution in [3.63, 3.8) is 0 Å². The standard InChI is InChI=1S/C6H12N2O3/c9-6(10)4-8-11-5-2-1-3-7-5/h5,7-8H,1-4H2,(H,9,10)/p-1. The van der Waals surface area contributed by atoms with Crippen LogP contribution in [0.1, 0.15) is 12.8 Å². The van der Waals surface area contributed by atoms with E-state index in [1.165, 1.54) is 0 Å². The number of hydroxylamine groups is 1. The molecule has 0 spiro atoms. The van der Waals surface area contributed by atoms with Gasteiger partial charge in [-0.2, -0.15) is 5.48 Å². The third-order valence-corrected chi connectivity index (χ3v) is 1.46. The molecule has 1 aliphatic rings. The molecule has 2 N–H and O–H groups in total. The van der Waals surface area contributed by atoms with Gasteiger partial charge in [0.25, 0.3) is 0 Å². The van der Waals surface area contributed by atoms with Gasteiger partial charge in [-0.05, 0) is 19.4 Å². The first kappa shape index (κ1) is 8.45. The Bertz CT molecular complexity index is 134. The summed E-state index contributed by atoms with van der Waals surface area (Å²) < 4.78 is 0. The van der Waals surface area contributed by atoms with Gasteiger partial charge < -0.3 is 9.90 Å². The third-order valence-electron chi connectivity index (χ3n) is 1.46. The molecule has 1 atom stereocenters. The number of rotatable bonds is 4. The number of nitrogens with one attached hydrogen (secondary N) is 2. The minimum absolute atomic E-state index is 0.0469. The van der Waals surface area contributed by atoms with Crippen molar-refractivity contribution in [1.82, 2.24) is 10.8 Å². The van der Waals surface area contributed by atoms with Crippen LogP contribution in [0.3, 0.4) is 0 Å². The fourth-order valence-corrected chi connectivity index (χ4v) is 0.954.